The first-order valence-electron chi connectivity index (χ1n) is 6.43. The zero-order chi connectivity index (χ0) is 13.9. The fourth-order valence-electron chi connectivity index (χ4n) is 2.50. The number of anilines is 1. The highest BCUT2D eigenvalue weighted by Crippen LogP contribution is 2.33. The monoisotopic (exact) mass is 283 g/mol. The summed E-state index contributed by atoms with van der Waals surface area (Å²) >= 11 is 5.81. The Kier molecular flexibility index (Phi) is 4.24. The summed E-state index contributed by atoms with van der Waals surface area (Å²) in [5.74, 6) is 0.369. The van der Waals surface area contributed by atoms with Crippen LogP contribution in [0.5, 0.6) is 0 Å². The van der Waals surface area contributed by atoms with E-state index in [2.05, 4.69) is 15.3 Å². The summed E-state index contributed by atoms with van der Waals surface area (Å²) in [6, 6.07) is 0. The summed E-state index contributed by atoms with van der Waals surface area (Å²) in [4.78, 5) is 20.2. The van der Waals surface area contributed by atoms with Gasteiger partial charge in [0.15, 0.2) is 0 Å². The van der Waals surface area contributed by atoms with Gasteiger partial charge < -0.3 is 10.1 Å². The lowest BCUT2D eigenvalue weighted by Crippen LogP contribution is -2.49. The first kappa shape index (κ1) is 14.1. The number of aromatic nitrogens is 2. The van der Waals surface area contributed by atoms with Gasteiger partial charge in [-0.25, -0.2) is 14.8 Å². The molecule has 5 nitrogen and oxygen atoms in total. The normalized spacial score (nSPS) is 17.8. The van der Waals surface area contributed by atoms with Crippen LogP contribution >= 0.6 is 11.6 Å². The van der Waals surface area contributed by atoms with E-state index in [0.717, 1.165) is 37.7 Å². The van der Waals surface area contributed by atoms with Gasteiger partial charge in [-0.05, 0) is 31.4 Å². The average molecular weight is 284 g/mol. The predicted octanol–water partition coefficient (Wildman–Crippen LogP) is 2.73. The third kappa shape index (κ3) is 2.97. The molecule has 0 saturated heterocycles. The van der Waals surface area contributed by atoms with Crippen molar-refractivity contribution in [3.63, 3.8) is 0 Å². The van der Waals surface area contributed by atoms with Gasteiger partial charge >= 0.3 is 5.97 Å². The lowest BCUT2D eigenvalue weighted by Gasteiger charge is -2.36. The van der Waals surface area contributed by atoms with E-state index in [1.54, 1.807) is 6.20 Å². The van der Waals surface area contributed by atoms with Gasteiger partial charge in [-0.2, -0.15) is 0 Å². The van der Waals surface area contributed by atoms with E-state index in [0.29, 0.717) is 5.82 Å². The second kappa shape index (κ2) is 5.74. The summed E-state index contributed by atoms with van der Waals surface area (Å²) in [6.07, 6.45) is 6.29. The fraction of sp³-hybridized carbons (Fsp3) is 0.615. The topological polar surface area (TPSA) is 64.1 Å². The van der Waals surface area contributed by atoms with Crippen molar-refractivity contribution in [1.82, 2.24) is 9.97 Å². The van der Waals surface area contributed by atoms with Gasteiger partial charge in [-0.1, -0.05) is 19.3 Å². The summed E-state index contributed by atoms with van der Waals surface area (Å²) in [5.41, 5.74) is 0.174. The number of aryl methyl sites for hydroxylation is 1. The molecule has 1 aromatic heterocycles. The van der Waals surface area contributed by atoms with Crippen molar-refractivity contribution in [2.24, 2.45) is 0 Å². The molecule has 104 valence electrons. The number of halogens is 1. The van der Waals surface area contributed by atoms with Crippen molar-refractivity contribution in [1.29, 1.82) is 0 Å². The molecule has 0 atom stereocenters. The molecule has 6 heteroatoms. The van der Waals surface area contributed by atoms with E-state index in [1.807, 2.05) is 6.92 Å². The summed E-state index contributed by atoms with van der Waals surface area (Å²) in [7, 11) is 1.42. The molecule has 1 N–H and O–H groups in total. The molecule has 0 aromatic carbocycles. The van der Waals surface area contributed by atoms with E-state index in [1.165, 1.54) is 7.11 Å². The Morgan fingerprint density at radius 2 is 2.11 bits per heavy atom. The van der Waals surface area contributed by atoms with E-state index >= 15 is 0 Å². The van der Waals surface area contributed by atoms with Crippen molar-refractivity contribution < 1.29 is 9.53 Å². The van der Waals surface area contributed by atoms with Gasteiger partial charge in [0.25, 0.3) is 0 Å². The minimum atomic E-state index is -0.685. The Morgan fingerprint density at radius 3 is 2.74 bits per heavy atom. The number of esters is 1. The minimum absolute atomic E-state index is 0.170. The maximum atomic E-state index is 12.1. The molecule has 0 radical (unpaired) electrons. The number of carbonyl (C=O) groups is 1. The van der Waals surface area contributed by atoms with Crippen molar-refractivity contribution in [2.75, 3.05) is 12.4 Å². The lowest BCUT2D eigenvalue weighted by molar-refractivity contribution is -0.147. The van der Waals surface area contributed by atoms with E-state index in [4.69, 9.17) is 16.3 Å². The molecule has 0 amide bonds. The van der Waals surface area contributed by atoms with Crippen LogP contribution in [0.15, 0.2) is 6.20 Å². The van der Waals surface area contributed by atoms with Crippen LogP contribution in [0.2, 0.25) is 5.28 Å². The highest BCUT2D eigenvalue weighted by atomic mass is 35.5. The zero-order valence-electron chi connectivity index (χ0n) is 11.2. The first-order valence-corrected chi connectivity index (χ1v) is 6.81. The van der Waals surface area contributed by atoms with Crippen molar-refractivity contribution in [2.45, 2.75) is 44.6 Å². The average Bonchev–Trinajstić information content (AvgIpc) is 2.43. The molecule has 0 aliphatic heterocycles. The van der Waals surface area contributed by atoms with Crippen LogP contribution in [0.3, 0.4) is 0 Å². The minimum Gasteiger partial charge on any atom is -0.467 e. The first-order chi connectivity index (χ1) is 9.07. The number of carbonyl (C=O) groups excluding carboxylic acids is 1. The van der Waals surface area contributed by atoms with E-state index in [9.17, 15) is 4.79 Å². The van der Waals surface area contributed by atoms with Gasteiger partial charge in [0.05, 0.1) is 7.11 Å². The highest BCUT2D eigenvalue weighted by Gasteiger charge is 2.41. The lowest BCUT2D eigenvalue weighted by atomic mass is 9.81. The predicted molar refractivity (Wildman–Crippen MR) is 73.2 cm³/mol. The second-order valence-corrected chi connectivity index (χ2v) is 5.27. The number of hydrogen-bond acceptors (Lipinski definition) is 5. The molecule has 1 saturated carbocycles. The fourth-order valence-corrected chi connectivity index (χ4v) is 2.64. The quantitative estimate of drug-likeness (QED) is 0.682. The number of rotatable bonds is 3. The molecule has 19 heavy (non-hydrogen) atoms. The standard InChI is InChI=1S/C13H18ClN3O2/c1-9-8-15-12(14)16-10(9)17-13(11(18)19-2)6-4-3-5-7-13/h8H,3-7H2,1-2H3,(H,15,16,17). The Balaban J connectivity index is 2.29. The number of methoxy groups -OCH3 is 1. The Hall–Kier alpha value is -1.36. The molecule has 1 aromatic rings. The molecular weight excluding hydrogens is 266 g/mol. The smallest absolute Gasteiger partial charge is 0.331 e. The molecule has 2 rings (SSSR count). The Labute approximate surface area is 117 Å². The molecule has 1 fully saturated rings. The second-order valence-electron chi connectivity index (χ2n) is 4.93. The zero-order valence-corrected chi connectivity index (χ0v) is 12.0. The molecular formula is C13H18ClN3O2. The van der Waals surface area contributed by atoms with Crippen LogP contribution in [-0.4, -0.2) is 28.6 Å². The van der Waals surface area contributed by atoms with Gasteiger partial charge in [0.1, 0.15) is 11.4 Å². The molecule has 0 bridgehead atoms. The maximum absolute atomic E-state index is 12.1. The van der Waals surface area contributed by atoms with E-state index in [-0.39, 0.29) is 11.3 Å². The number of hydrogen-bond donors (Lipinski definition) is 1. The third-order valence-corrected chi connectivity index (χ3v) is 3.77. The van der Waals surface area contributed by atoms with Crippen LogP contribution < -0.4 is 5.32 Å². The van der Waals surface area contributed by atoms with Gasteiger partial charge in [0.2, 0.25) is 5.28 Å². The highest BCUT2D eigenvalue weighted by molar-refractivity contribution is 6.28. The third-order valence-electron chi connectivity index (χ3n) is 3.58. The van der Waals surface area contributed by atoms with Crippen LogP contribution in [-0.2, 0) is 9.53 Å². The molecule has 1 aliphatic rings. The van der Waals surface area contributed by atoms with Crippen molar-refractivity contribution >= 4 is 23.4 Å². The summed E-state index contributed by atoms with van der Waals surface area (Å²) in [6.45, 7) is 1.88. The van der Waals surface area contributed by atoms with Gasteiger partial charge in [0, 0.05) is 11.8 Å². The van der Waals surface area contributed by atoms with Gasteiger partial charge in [-0.3, -0.25) is 0 Å². The number of nitrogens with zero attached hydrogens (tertiary/aromatic N) is 2. The maximum Gasteiger partial charge on any atom is 0.331 e. The van der Waals surface area contributed by atoms with Crippen LogP contribution in [0, 0.1) is 6.92 Å². The largest absolute Gasteiger partial charge is 0.467 e. The Morgan fingerprint density at radius 1 is 1.42 bits per heavy atom. The van der Waals surface area contributed by atoms with Gasteiger partial charge in [-0.15, -0.1) is 0 Å². The van der Waals surface area contributed by atoms with Crippen LogP contribution in [0.4, 0.5) is 5.82 Å². The molecule has 1 heterocycles. The number of ether oxygens (including phenoxy) is 1. The van der Waals surface area contributed by atoms with Crippen LogP contribution in [0.25, 0.3) is 0 Å². The molecule has 0 spiro atoms. The molecule has 1 aliphatic carbocycles. The summed E-state index contributed by atoms with van der Waals surface area (Å²) in [5, 5.41) is 3.41. The van der Waals surface area contributed by atoms with Crippen LogP contribution in [0.1, 0.15) is 37.7 Å². The Bertz CT molecular complexity index is 473. The SMILES string of the molecule is COC(=O)C1(Nc2nc(Cl)ncc2C)CCCCC1. The van der Waals surface area contributed by atoms with Crippen molar-refractivity contribution in [3.05, 3.63) is 17.0 Å². The van der Waals surface area contributed by atoms with E-state index < -0.39 is 5.54 Å². The van der Waals surface area contributed by atoms with Crippen molar-refractivity contribution in [3.8, 4) is 0 Å². The molecule has 0 unspecified atom stereocenters. The number of nitrogens with one attached hydrogen (secondary N) is 1. The summed E-state index contributed by atoms with van der Waals surface area (Å²) < 4.78 is 4.96.